The molecule has 0 saturated heterocycles. The summed E-state index contributed by atoms with van der Waals surface area (Å²) in [4.78, 5) is 8.63. The molecule has 28 heavy (non-hydrogen) atoms. The lowest BCUT2D eigenvalue weighted by Crippen LogP contribution is -2.36. The number of aliphatic imine (C=N–C) groups is 1. The van der Waals surface area contributed by atoms with E-state index < -0.39 is 0 Å². The molecule has 2 heterocycles. The van der Waals surface area contributed by atoms with E-state index in [1.54, 1.807) is 30.2 Å². The third-order valence-electron chi connectivity index (χ3n) is 4.01. The molecule has 0 spiro atoms. The summed E-state index contributed by atoms with van der Waals surface area (Å²) in [5.74, 6) is 2.32. The third kappa shape index (κ3) is 5.20. The molecule has 0 amide bonds. The van der Waals surface area contributed by atoms with Crippen molar-refractivity contribution >= 4 is 5.96 Å². The van der Waals surface area contributed by atoms with Crippen molar-refractivity contribution in [3.8, 4) is 11.6 Å². The normalized spacial score (nSPS) is 11.1. The number of benzene rings is 1. The van der Waals surface area contributed by atoms with Crippen LogP contribution in [-0.2, 0) is 13.1 Å². The molecular weight excluding hydrogens is 352 g/mol. The van der Waals surface area contributed by atoms with E-state index in [-0.39, 0.29) is 0 Å². The molecule has 7 heteroatoms. The van der Waals surface area contributed by atoms with Crippen LogP contribution in [0.25, 0.3) is 5.82 Å². The topological polar surface area (TPSA) is 76.4 Å². The molecule has 2 aromatic heterocycles. The molecule has 3 aromatic rings. The van der Waals surface area contributed by atoms with Crippen LogP contribution in [0.5, 0.6) is 5.75 Å². The highest BCUT2D eigenvalue weighted by Crippen LogP contribution is 2.17. The maximum absolute atomic E-state index is 5.70. The number of para-hydroxylation sites is 1. The summed E-state index contributed by atoms with van der Waals surface area (Å²) in [5, 5.41) is 10.8. The summed E-state index contributed by atoms with van der Waals surface area (Å²) < 4.78 is 7.43. The Hall–Kier alpha value is -3.61. The summed E-state index contributed by atoms with van der Waals surface area (Å²) in [6.45, 7) is 5.38. The second-order valence-electron chi connectivity index (χ2n) is 5.96. The van der Waals surface area contributed by atoms with Crippen LogP contribution in [-0.4, -0.2) is 34.4 Å². The molecule has 0 atom stereocenters. The first-order chi connectivity index (χ1) is 13.8. The molecule has 3 rings (SSSR count). The number of rotatable bonds is 8. The Morgan fingerprint density at radius 2 is 2.04 bits per heavy atom. The molecule has 1 aromatic carbocycles. The summed E-state index contributed by atoms with van der Waals surface area (Å²) >= 11 is 0. The molecule has 7 nitrogen and oxygen atoms in total. The third-order valence-corrected chi connectivity index (χ3v) is 4.01. The Bertz CT molecular complexity index is 920. The quantitative estimate of drug-likeness (QED) is 0.359. The van der Waals surface area contributed by atoms with Gasteiger partial charge in [-0.25, -0.2) is 9.67 Å². The SMILES string of the molecule is C=CCOc1ccccc1CNC(=NC)NCc1ccnc(-n2cccn2)c1. The maximum Gasteiger partial charge on any atom is 0.191 e. The minimum atomic E-state index is 0.477. The van der Waals surface area contributed by atoms with Crippen molar-refractivity contribution in [3.63, 3.8) is 0 Å². The fourth-order valence-electron chi connectivity index (χ4n) is 2.62. The number of ether oxygens (including phenoxy) is 1. The van der Waals surface area contributed by atoms with Gasteiger partial charge in [-0.1, -0.05) is 30.9 Å². The number of nitrogens with one attached hydrogen (secondary N) is 2. The average Bonchev–Trinajstić information content (AvgIpc) is 3.28. The molecule has 0 saturated carbocycles. The molecule has 0 aliphatic rings. The zero-order chi connectivity index (χ0) is 19.6. The van der Waals surface area contributed by atoms with Crippen molar-refractivity contribution in [1.82, 2.24) is 25.4 Å². The van der Waals surface area contributed by atoms with Crippen molar-refractivity contribution < 1.29 is 4.74 Å². The van der Waals surface area contributed by atoms with Crippen LogP contribution in [0, 0.1) is 0 Å². The number of pyridine rings is 1. The van der Waals surface area contributed by atoms with Crippen molar-refractivity contribution in [2.45, 2.75) is 13.1 Å². The lowest BCUT2D eigenvalue weighted by Gasteiger charge is -2.14. The first kappa shape index (κ1) is 19.2. The van der Waals surface area contributed by atoms with Gasteiger partial charge in [0.2, 0.25) is 0 Å². The molecule has 0 aliphatic heterocycles. The van der Waals surface area contributed by atoms with Gasteiger partial charge in [0.15, 0.2) is 11.8 Å². The van der Waals surface area contributed by atoms with Gasteiger partial charge in [0, 0.05) is 44.3 Å². The molecule has 0 radical (unpaired) electrons. The monoisotopic (exact) mass is 376 g/mol. The van der Waals surface area contributed by atoms with Crippen LogP contribution in [0.1, 0.15) is 11.1 Å². The first-order valence-corrected chi connectivity index (χ1v) is 9.01. The molecule has 0 unspecified atom stereocenters. The number of hydrogen-bond acceptors (Lipinski definition) is 4. The summed E-state index contributed by atoms with van der Waals surface area (Å²) in [6, 6.07) is 13.7. The van der Waals surface area contributed by atoms with Crippen molar-refractivity contribution in [2.75, 3.05) is 13.7 Å². The van der Waals surface area contributed by atoms with E-state index in [1.165, 1.54) is 0 Å². The summed E-state index contributed by atoms with van der Waals surface area (Å²) in [5.41, 5.74) is 2.13. The summed E-state index contributed by atoms with van der Waals surface area (Å²) in [6.07, 6.45) is 7.11. The predicted octanol–water partition coefficient (Wildman–Crippen LogP) is 2.70. The van der Waals surface area contributed by atoms with Crippen LogP contribution >= 0.6 is 0 Å². The predicted molar refractivity (Wildman–Crippen MR) is 111 cm³/mol. The minimum Gasteiger partial charge on any atom is -0.489 e. The van der Waals surface area contributed by atoms with E-state index >= 15 is 0 Å². The van der Waals surface area contributed by atoms with Gasteiger partial charge in [-0.3, -0.25) is 4.99 Å². The van der Waals surface area contributed by atoms with E-state index in [0.717, 1.165) is 22.7 Å². The van der Waals surface area contributed by atoms with E-state index in [4.69, 9.17) is 4.74 Å². The molecule has 0 fully saturated rings. The van der Waals surface area contributed by atoms with E-state index in [0.29, 0.717) is 25.7 Å². The van der Waals surface area contributed by atoms with Crippen LogP contribution in [0.3, 0.4) is 0 Å². The Morgan fingerprint density at radius 3 is 2.82 bits per heavy atom. The molecular formula is C21H24N6O. The zero-order valence-electron chi connectivity index (χ0n) is 15.9. The summed E-state index contributed by atoms with van der Waals surface area (Å²) in [7, 11) is 1.75. The van der Waals surface area contributed by atoms with Crippen molar-refractivity contribution in [3.05, 3.63) is 84.8 Å². The maximum atomic E-state index is 5.70. The van der Waals surface area contributed by atoms with Gasteiger partial charge in [-0.05, 0) is 29.8 Å². The lowest BCUT2D eigenvalue weighted by molar-refractivity contribution is 0.358. The molecule has 144 valence electrons. The van der Waals surface area contributed by atoms with Gasteiger partial charge in [0.05, 0.1) is 0 Å². The number of hydrogen-bond donors (Lipinski definition) is 2. The highest BCUT2D eigenvalue weighted by molar-refractivity contribution is 5.79. The highest BCUT2D eigenvalue weighted by atomic mass is 16.5. The Morgan fingerprint density at radius 1 is 1.18 bits per heavy atom. The number of aromatic nitrogens is 3. The Kier molecular flexibility index (Phi) is 6.78. The van der Waals surface area contributed by atoms with Crippen molar-refractivity contribution in [2.24, 2.45) is 4.99 Å². The molecule has 2 N–H and O–H groups in total. The van der Waals surface area contributed by atoms with Gasteiger partial charge in [-0.15, -0.1) is 0 Å². The van der Waals surface area contributed by atoms with Gasteiger partial charge in [0.1, 0.15) is 12.4 Å². The largest absolute Gasteiger partial charge is 0.489 e. The smallest absolute Gasteiger partial charge is 0.191 e. The standard InChI is InChI=1S/C21H24N6O/c1-3-13-28-19-8-5-4-7-18(19)16-25-21(22-2)24-15-17-9-11-23-20(14-17)27-12-6-10-26-27/h3-12,14H,1,13,15-16H2,2H3,(H2,22,24,25). The van der Waals surface area contributed by atoms with Gasteiger partial charge >= 0.3 is 0 Å². The highest BCUT2D eigenvalue weighted by Gasteiger charge is 2.05. The Balaban J connectivity index is 1.57. The molecule has 0 bridgehead atoms. The zero-order valence-corrected chi connectivity index (χ0v) is 15.9. The van der Waals surface area contributed by atoms with Gasteiger partial charge < -0.3 is 15.4 Å². The second kappa shape index (κ2) is 9.91. The fourth-order valence-corrected chi connectivity index (χ4v) is 2.62. The Labute approximate surface area is 164 Å². The number of guanidine groups is 1. The van der Waals surface area contributed by atoms with E-state index in [1.807, 2.05) is 48.7 Å². The van der Waals surface area contributed by atoms with Crippen LogP contribution in [0.4, 0.5) is 0 Å². The van der Waals surface area contributed by atoms with E-state index in [9.17, 15) is 0 Å². The van der Waals surface area contributed by atoms with Gasteiger partial charge in [0.25, 0.3) is 0 Å². The minimum absolute atomic E-state index is 0.477. The average molecular weight is 376 g/mol. The van der Waals surface area contributed by atoms with Crippen molar-refractivity contribution in [1.29, 1.82) is 0 Å². The molecule has 0 aliphatic carbocycles. The first-order valence-electron chi connectivity index (χ1n) is 9.01. The fraction of sp³-hybridized carbons (Fsp3) is 0.190. The lowest BCUT2D eigenvalue weighted by atomic mass is 10.2. The van der Waals surface area contributed by atoms with Gasteiger partial charge in [-0.2, -0.15) is 5.10 Å². The second-order valence-corrected chi connectivity index (χ2v) is 5.96. The number of nitrogens with zero attached hydrogens (tertiary/aromatic N) is 4. The van der Waals surface area contributed by atoms with Crippen LogP contribution in [0.2, 0.25) is 0 Å². The van der Waals surface area contributed by atoms with Crippen LogP contribution in [0.15, 0.2) is 78.7 Å². The van der Waals surface area contributed by atoms with E-state index in [2.05, 4.69) is 32.3 Å². The van der Waals surface area contributed by atoms with Crippen LogP contribution < -0.4 is 15.4 Å².